The lowest BCUT2D eigenvalue weighted by atomic mass is 9.92. The second kappa shape index (κ2) is 4.31. The van der Waals surface area contributed by atoms with Gasteiger partial charge in [-0.15, -0.1) is 0 Å². The van der Waals surface area contributed by atoms with Gasteiger partial charge in [-0.2, -0.15) is 0 Å². The molecule has 0 unspecified atom stereocenters. The van der Waals surface area contributed by atoms with Crippen molar-refractivity contribution in [2.75, 3.05) is 6.54 Å². The van der Waals surface area contributed by atoms with Gasteiger partial charge >= 0.3 is 0 Å². The van der Waals surface area contributed by atoms with E-state index in [2.05, 4.69) is 30.2 Å². The average molecular weight is 204 g/mol. The van der Waals surface area contributed by atoms with Crippen molar-refractivity contribution in [2.24, 2.45) is 11.3 Å². The second-order valence-corrected chi connectivity index (χ2v) is 4.98. The van der Waals surface area contributed by atoms with Crippen LogP contribution in [0.4, 0.5) is 0 Å². The van der Waals surface area contributed by atoms with E-state index in [1.165, 1.54) is 18.4 Å². The summed E-state index contributed by atoms with van der Waals surface area (Å²) in [5, 5.41) is 3.55. The van der Waals surface area contributed by atoms with Gasteiger partial charge in [-0.3, -0.25) is 4.98 Å². The number of hydrogen-bond acceptors (Lipinski definition) is 2. The Morgan fingerprint density at radius 2 is 2.27 bits per heavy atom. The maximum Gasteiger partial charge on any atom is 0.0312 e. The minimum atomic E-state index is 0.599. The van der Waals surface area contributed by atoms with E-state index in [1.807, 2.05) is 18.5 Å². The summed E-state index contributed by atoms with van der Waals surface area (Å²) in [6.45, 7) is 6.76. The third-order valence-corrected chi connectivity index (χ3v) is 3.65. The fourth-order valence-corrected chi connectivity index (χ4v) is 2.08. The first-order valence-corrected chi connectivity index (χ1v) is 5.83. The van der Waals surface area contributed by atoms with E-state index >= 15 is 0 Å². The molecular weight excluding hydrogens is 184 g/mol. The fraction of sp³-hybridized carbons (Fsp3) is 0.615. The third kappa shape index (κ3) is 2.57. The number of nitrogens with one attached hydrogen (secondary N) is 1. The van der Waals surface area contributed by atoms with Crippen LogP contribution in [0.25, 0.3) is 0 Å². The molecule has 0 atom stereocenters. The molecule has 1 fully saturated rings. The van der Waals surface area contributed by atoms with Crippen LogP contribution in [0.3, 0.4) is 0 Å². The highest BCUT2D eigenvalue weighted by Crippen LogP contribution is 2.51. The number of rotatable bonds is 5. The van der Waals surface area contributed by atoms with Crippen LogP contribution in [0.1, 0.15) is 32.3 Å². The lowest BCUT2D eigenvalue weighted by Crippen LogP contribution is -2.27. The van der Waals surface area contributed by atoms with Gasteiger partial charge in [0.25, 0.3) is 0 Å². The normalized spacial score (nSPS) is 18.1. The summed E-state index contributed by atoms with van der Waals surface area (Å²) in [4.78, 5) is 4.11. The van der Waals surface area contributed by atoms with Crippen molar-refractivity contribution >= 4 is 0 Å². The molecule has 0 bridgehead atoms. The van der Waals surface area contributed by atoms with Gasteiger partial charge in [0.05, 0.1) is 0 Å². The smallest absolute Gasteiger partial charge is 0.0312 e. The Kier molecular flexibility index (Phi) is 3.06. The fourth-order valence-electron chi connectivity index (χ4n) is 2.08. The molecular formula is C13H20N2. The second-order valence-electron chi connectivity index (χ2n) is 4.98. The zero-order chi connectivity index (χ0) is 10.7. The topological polar surface area (TPSA) is 24.9 Å². The predicted octanol–water partition coefficient (Wildman–Crippen LogP) is 2.61. The van der Waals surface area contributed by atoms with Crippen LogP contribution in [-0.2, 0) is 6.54 Å². The lowest BCUT2D eigenvalue weighted by molar-refractivity contribution is 0.338. The quantitative estimate of drug-likeness (QED) is 0.797. The molecule has 0 saturated heterocycles. The molecule has 1 aromatic heterocycles. The van der Waals surface area contributed by atoms with Gasteiger partial charge in [0.1, 0.15) is 0 Å². The lowest BCUT2D eigenvalue weighted by Gasteiger charge is -2.19. The molecule has 1 aromatic rings. The highest BCUT2D eigenvalue weighted by atomic mass is 14.9. The molecule has 2 rings (SSSR count). The Bertz CT molecular complexity index is 302. The van der Waals surface area contributed by atoms with Crippen molar-refractivity contribution in [1.29, 1.82) is 0 Å². The van der Waals surface area contributed by atoms with E-state index in [-0.39, 0.29) is 0 Å². The van der Waals surface area contributed by atoms with Gasteiger partial charge in [-0.05, 0) is 35.8 Å². The number of hydrogen-bond donors (Lipinski definition) is 1. The van der Waals surface area contributed by atoms with E-state index < -0.39 is 0 Å². The van der Waals surface area contributed by atoms with E-state index in [0.717, 1.165) is 19.0 Å². The molecule has 1 saturated carbocycles. The van der Waals surface area contributed by atoms with Crippen LogP contribution in [-0.4, -0.2) is 11.5 Å². The summed E-state index contributed by atoms with van der Waals surface area (Å²) in [7, 11) is 0. The largest absolute Gasteiger partial charge is 0.312 e. The summed E-state index contributed by atoms with van der Waals surface area (Å²) in [5.74, 6) is 0.805. The maximum absolute atomic E-state index is 4.11. The molecule has 1 aliphatic rings. The Morgan fingerprint density at radius 1 is 1.47 bits per heavy atom. The molecule has 82 valence electrons. The first-order valence-electron chi connectivity index (χ1n) is 5.83. The van der Waals surface area contributed by atoms with Gasteiger partial charge < -0.3 is 5.32 Å². The van der Waals surface area contributed by atoms with Crippen molar-refractivity contribution in [1.82, 2.24) is 10.3 Å². The molecule has 2 heteroatoms. The summed E-state index contributed by atoms with van der Waals surface area (Å²) in [6, 6.07) is 4.11. The molecule has 0 aliphatic heterocycles. The van der Waals surface area contributed by atoms with Crippen molar-refractivity contribution in [2.45, 2.75) is 33.2 Å². The van der Waals surface area contributed by atoms with Crippen LogP contribution >= 0.6 is 0 Å². The van der Waals surface area contributed by atoms with E-state index in [0.29, 0.717) is 5.41 Å². The first-order chi connectivity index (χ1) is 7.23. The molecule has 1 N–H and O–H groups in total. The maximum atomic E-state index is 4.11. The number of nitrogens with zero attached hydrogens (tertiary/aromatic N) is 1. The van der Waals surface area contributed by atoms with Crippen molar-refractivity contribution in [3.8, 4) is 0 Å². The summed E-state index contributed by atoms with van der Waals surface area (Å²) >= 11 is 0. The highest BCUT2D eigenvalue weighted by Gasteiger charge is 2.44. The van der Waals surface area contributed by atoms with Crippen LogP contribution in [0.5, 0.6) is 0 Å². The van der Waals surface area contributed by atoms with Crippen LogP contribution in [0, 0.1) is 11.3 Å². The molecule has 15 heavy (non-hydrogen) atoms. The average Bonchev–Trinajstić information content (AvgIpc) is 3.01. The number of aromatic nitrogens is 1. The predicted molar refractivity (Wildman–Crippen MR) is 62.4 cm³/mol. The monoisotopic (exact) mass is 204 g/mol. The minimum Gasteiger partial charge on any atom is -0.312 e. The van der Waals surface area contributed by atoms with Crippen molar-refractivity contribution < 1.29 is 0 Å². The van der Waals surface area contributed by atoms with E-state index in [1.54, 1.807) is 0 Å². The molecule has 0 aromatic carbocycles. The molecule has 2 nitrogen and oxygen atoms in total. The van der Waals surface area contributed by atoms with Gasteiger partial charge in [0.15, 0.2) is 0 Å². The van der Waals surface area contributed by atoms with Crippen molar-refractivity contribution in [3.63, 3.8) is 0 Å². The Morgan fingerprint density at radius 3 is 2.80 bits per heavy atom. The summed E-state index contributed by atoms with van der Waals surface area (Å²) in [5.41, 5.74) is 1.87. The third-order valence-electron chi connectivity index (χ3n) is 3.65. The number of pyridine rings is 1. The molecule has 0 spiro atoms. The van der Waals surface area contributed by atoms with Crippen LogP contribution in [0.2, 0.25) is 0 Å². The Balaban J connectivity index is 1.76. The van der Waals surface area contributed by atoms with Gasteiger partial charge in [0, 0.05) is 25.5 Å². The first kappa shape index (κ1) is 10.6. The Hall–Kier alpha value is -0.890. The highest BCUT2D eigenvalue weighted by molar-refractivity contribution is 5.08. The zero-order valence-corrected chi connectivity index (χ0v) is 9.66. The summed E-state index contributed by atoms with van der Waals surface area (Å²) in [6.07, 6.45) is 6.54. The zero-order valence-electron chi connectivity index (χ0n) is 9.66. The van der Waals surface area contributed by atoms with Gasteiger partial charge in [0.2, 0.25) is 0 Å². The standard InChI is InChI=1S/C13H20N2/c1-11(2)13(5-6-13)10-15-9-12-4-3-7-14-8-12/h3-4,7-8,11,15H,5-6,9-10H2,1-2H3. The molecule has 0 amide bonds. The molecule has 1 heterocycles. The van der Waals surface area contributed by atoms with Gasteiger partial charge in [-0.1, -0.05) is 19.9 Å². The minimum absolute atomic E-state index is 0.599. The summed E-state index contributed by atoms with van der Waals surface area (Å²) < 4.78 is 0. The van der Waals surface area contributed by atoms with Gasteiger partial charge in [-0.25, -0.2) is 0 Å². The Labute approximate surface area is 92.1 Å². The SMILES string of the molecule is CC(C)C1(CNCc2cccnc2)CC1. The molecule has 1 aliphatic carbocycles. The van der Waals surface area contributed by atoms with E-state index in [4.69, 9.17) is 0 Å². The van der Waals surface area contributed by atoms with E-state index in [9.17, 15) is 0 Å². The van der Waals surface area contributed by atoms with Crippen LogP contribution in [0.15, 0.2) is 24.5 Å². The molecule has 0 radical (unpaired) electrons. The van der Waals surface area contributed by atoms with Crippen molar-refractivity contribution in [3.05, 3.63) is 30.1 Å². The van der Waals surface area contributed by atoms with Crippen LogP contribution < -0.4 is 5.32 Å².